The number of carbonyl (C=O) groups excluding carboxylic acids is 2. The summed E-state index contributed by atoms with van der Waals surface area (Å²) in [5, 5.41) is 7.22. The average molecular weight is 307 g/mol. The Morgan fingerprint density at radius 3 is 2.77 bits per heavy atom. The Balaban J connectivity index is 1.89. The van der Waals surface area contributed by atoms with E-state index in [2.05, 4.69) is 10.4 Å². The molecule has 0 spiro atoms. The van der Waals surface area contributed by atoms with Gasteiger partial charge in [-0.05, 0) is 25.8 Å². The van der Waals surface area contributed by atoms with Crippen molar-refractivity contribution in [3.63, 3.8) is 0 Å². The number of rotatable bonds is 3. The average Bonchev–Trinajstić information content (AvgIpc) is 2.81. The number of hydrogen-bond acceptors (Lipinski definition) is 3. The Bertz CT molecular complexity index is 552. The Morgan fingerprint density at radius 2 is 2.18 bits per heavy atom. The van der Waals surface area contributed by atoms with Crippen LogP contribution in [0.1, 0.15) is 24.2 Å². The normalized spacial score (nSPS) is 18.2. The maximum atomic E-state index is 12.3. The molecule has 1 N–H and O–H groups in total. The van der Waals surface area contributed by atoms with Gasteiger partial charge in [-0.25, -0.2) is 4.79 Å². The number of nitrogens with zero attached hydrogens (tertiary/aromatic N) is 4. The Hall–Kier alpha value is -2.05. The number of nitrogens with one attached hydrogen (secondary N) is 1. The fourth-order valence-electron chi connectivity index (χ4n) is 2.80. The number of likely N-dealkylation sites (tertiary alicyclic amines) is 1. The second-order valence-corrected chi connectivity index (χ2v) is 6.08. The Labute approximate surface area is 131 Å². The minimum Gasteiger partial charge on any atom is -0.350 e. The molecule has 1 unspecified atom stereocenters. The van der Waals surface area contributed by atoms with Crippen molar-refractivity contribution in [1.29, 1.82) is 0 Å². The molecule has 0 saturated carbocycles. The van der Waals surface area contributed by atoms with E-state index in [-0.39, 0.29) is 17.9 Å². The summed E-state index contributed by atoms with van der Waals surface area (Å²) >= 11 is 0. The first kappa shape index (κ1) is 16.3. The molecule has 0 aliphatic carbocycles. The van der Waals surface area contributed by atoms with Crippen molar-refractivity contribution in [2.24, 2.45) is 13.0 Å². The van der Waals surface area contributed by atoms with Gasteiger partial charge in [0.1, 0.15) is 0 Å². The highest BCUT2D eigenvalue weighted by Gasteiger charge is 2.29. The number of aryl methyl sites for hydroxylation is 2. The summed E-state index contributed by atoms with van der Waals surface area (Å²) in [6.07, 6.45) is 1.69. The lowest BCUT2D eigenvalue weighted by atomic mass is 9.97. The molecule has 1 aromatic heterocycles. The molecule has 1 aliphatic rings. The molecule has 0 bridgehead atoms. The van der Waals surface area contributed by atoms with E-state index < -0.39 is 0 Å². The van der Waals surface area contributed by atoms with Crippen molar-refractivity contribution in [2.75, 3.05) is 27.2 Å². The second kappa shape index (κ2) is 6.81. The van der Waals surface area contributed by atoms with Crippen LogP contribution in [0.4, 0.5) is 4.79 Å². The van der Waals surface area contributed by atoms with E-state index in [4.69, 9.17) is 0 Å². The van der Waals surface area contributed by atoms with E-state index in [9.17, 15) is 9.59 Å². The summed E-state index contributed by atoms with van der Waals surface area (Å²) in [5.74, 6) is -0.123. The summed E-state index contributed by atoms with van der Waals surface area (Å²) in [5.41, 5.74) is 1.91. The third-order valence-electron chi connectivity index (χ3n) is 3.99. The molecule has 122 valence electrons. The van der Waals surface area contributed by atoms with Crippen molar-refractivity contribution >= 4 is 11.9 Å². The highest BCUT2D eigenvalue weighted by atomic mass is 16.2. The van der Waals surface area contributed by atoms with E-state index in [0.717, 1.165) is 30.8 Å². The minimum atomic E-state index is -0.132. The number of carbonyl (C=O) groups is 2. The molecular weight excluding hydrogens is 282 g/mol. The van der Waals surface area contributed by atoms with Crippen molar-refractivity contribution in [1.82, 2.24) is 24.9 Å². The van der Waals surface area contributed by atoms with Crippen LogP contribution in [-0.2, 0) is 18.4 Å². The maximum absolute atomic E-state index is 12.3. The smallest absolute Gasteiger partial charge is 0.319 e. The number of aromatic nitrogens is 2. The van der Waals surface area contributed by atoms with Gasteiger partial charge in [0.25, 0.3) is 0 Å². The molecule has 1 aliphatic heterocycles. The minimum absolute atomic E-state index is 0.00936. The van der Waals surface area contributed by atoms with E-state index in [1.807, 2.05) is 20.0 Å². The Morgan fingerprint density at radius 1 is 1.45 bits per heavy atom. The van der Waals surface area contributed by atoms with Crippen molar-refractivity contribution in [3.8, 4) is 0 Å². The summed E-state index contributed by atoms with van der Waals surface area (Å²) < 4.78 is 1.78. The maximum Gasteiger partial charge on any atom is 0.319 e. The predicted molar refractivity (Wildman–Crippen MR) is 83.2 cm³/mol. The van der Waals surface area contributed by atoms with Gasteiger partial charge in [0.05, 0.1) is 23.9 Å². The SMILES string of the molecule is Cc1cc(CNC(=O)C2CCCN(C(=O)N(C)C)C2)n(C)n1. The second-order valence-electron chi connectivity index (χ2n) is 6.08. The first-order chi connectivity index (χ1) is 10.4. The lowest BCUT2D eigenvalue weighted by molar-refractivity contribution is -0.126. The fraction of sp³-hybridized carbons (Fsp3) is 0.667. The standard InChI is InChI=1S/C15H25N5O2/c1-11-8-13(19(4)17-11)9-16-14(21)12-6-5-7-20(10-12)15(22)18(2)3/h8,12H,5-7,9-10H2,1-4H3,(H,16,21). The molecule has 7 heteroatoms. The molecule has 7 nitrogen and oxygen atoms in total. The highest BCUT2D eigenvalue weighted by Crippen LogP contribution is 2.17. The van der Waals surface area contributed by atoms with Crippen molar-refractivity contribution in [3.05, 3.63) is 17.5 Å². The number of hydrogen-bond donors (Lipinski definition) is 1. The van der Waals surface area contributed by atoms with Gasteiger partial charge in [-0.3, -0.25) is 9.48 Å². The molecule has 1 saturated heterocycles. The quantitative estimate of drug-likeness (QED) is 0.895. The zero-order chi connectivity index (χ0) is 16.3. The first-order valence-corrected chi connectivity index (χ1v) is 7.62. The number of amides is 3. The molecule has 22 heavy (non-hydrogen) atoms. The molecule has 1 aromatic rings. The van der Waals surface area contributed by atoms with Gasteiger partial charge in [-0.1, -0.05) is 0 Å². The van der Waals surface area contributed by atoms with Crippen LogP contribution in [0.2, 0.25) is 0 Å². The van der Waals surface area contributed by atoms with Crippen LogP contribution in [-0.4, -0.2) is 58.7 Å². The van der Waals surface area contributed by atoms with Gasteiger partial charge in [-0.15, -0.1) is 0 Å². The van der Waals surface area contributed by atoms with Gasteiger partial charge in [0.15, 0.2) is 0 Å². The predicted octanol–water partition coefficient (Wildman–Crippen LogP) is 0.738. The molecule has 1 fully saturated rings. The number of urea groups is 1. The zero-order valence-electron chi connectivity index (χ0n) is 13.8. The molecule has 0 radical (unpaired) electrons. The third kappa shape index (κ3) is 3.78. The van der Waals surface area contributed by atoms with Crippen molar-refractivity contribution < 1.29 is 9.59 Å². The van der Waals surface area contributed by atoms with E-state index in [1.165, 1.54) is 0 Å². The topological polar surface area (TPSA) is 70.5 Å². The zero-order valence-corrected chi connectivity index (χ0v) is 13.8. The van der Waals surface area contributed by atoms with E-state index in [0.29, 0.717) is 13.1 Å². The Kier molecular flexibility index (Phi) is 5.05. The van der Waals surface area contributed by atoms with Crippen LogP contribution in [0.3, 0.4) is 0 Å². The van der Waals surface area contributed by atoms with Crippen LogP contribution in [0.15, 0.2) is 6.07 Å². The molecule has 0 aromatic carbocycles. The van der Waals surface area contributed by atoms with Gasteiger partial charge in [0, 0.05) is 34.2 Å². The van der Waals surface area contributed by atoms with E-state index >= 15 is 0 Å². The van der Waals surface area contributed by atoms with Gasteiger partial charge < -0.3 is 15.1 Å². The van der Waals surface area contributed by atoms with Gasteiger partial charge in [0.2, 0.25) is 5.91 Å². The number of piperidine rings is 1. The third-order valence-corrected chi connectivity index (χ3v) is 3.99. The van der Waals surface area contributed by atoms with Crippen LogP contribution in [0, 0.1) is 12.8 Å². The van der Waals surface area contributed by atoms with Crippen LogP contribution in [0.5, 0.6) is 0 Å². The molecule has 1 atom stereocenters. The molecular formula is C15H25N5O2. The lowest BCUT2D eigenvalue weighted by Crippen LogP contribution is -2.48. The largest absolute Gasteiger partial charge is 0.350 e. The van der Waals surface area contributed by atoms with E-state index in [1.54, 1.807) is 28.6 Å². The highest BCUT2D eigenvalue weighted by molar-refractivity contribution is 5.80. The fourth-order valence-corrected chi connectivity index (χ4v) is 2.80. The van der Waals surface area contributed by atoms with Crippen LogP contribution >= 0.6 is 0 Å². The molecule has 2 heterocycles. The first-order valence-electron chi connectivity index (χ1n) is 7.62. The summed E-state index contributed by atoms with van der Waals surface area (Å²) in [7, 11) is 5.33. The summed E-state index contributed by atoms with van der Waals surface area (Å²) in [4.78, 5) is 27.6. The molecule has 2 rings (SSSR count). The lowest BCUT2D eigenvalue weighted by Gasteiger charge is -2.33. The summed E-state index contributed by atoms with van der Waals surface area (Å²) in [6, 6.07) is 1.93. The summed E-state index contributed by atoms with van der Waals surface area (Å²) in [6.45, 7) is 3.61. The van der Waals surface area contributed by atoms with Crippen LogP contribution < -0.4 is 5.32 Å². The molecule has 3 amide bonds. The van der Waals surface area contributed by atoms with Crippen molar-refractivity contribution in [2.45, 2.75) is 26.3 Å². The van der Waals surface area contributed by atoms with Gasteiger partial charge in [-0.2, -0.15) is 5.10 Å². The van der Waals surface area contributed by atoms with Crippen LogP contribution in [0.25, 0.3) is 0 Å². The van der Waals surface area contributed by atoms with Gasteiger partial charge >= 0.3 is 6.03 Å². The monoisotopic (exact) mass is 307 g/mol.